The first-order valence-corrected chi connectivity index (χ1v) is 15.9. The zero-order valence-corrected chi connectivity index (χ0v) is 26.8. The predicted octanol–water partition coefficient (Wildman–Crippen LogP) is 4.27. The number of carboxylic acid groups (broad SMARTS) is 2. The molecule has 0 bridgehead atoms. The van der Waals surface area contributed by atoms with Gasteiger partial charge in [-0.1, -0.05) is 68.2 Å². The number of aliphatic carboxylic acids is 2. The summed E-state index contributed by atoms with van der Waals surface area (Å²) in [5.41, 5.74) is -1.38. The molecule has 0 aromatic heterocycles. The lowest BCUT2D eigenvalue weighted by molar-refractivity contribution is -0.144. The van der Waals surface area contributed by atoms with E-state index in [1.54, 1.807) is 41.3 Å². The number of carbonyl (C=O) groups is 4. The molecule has 2 atom stereocenters. The highest BCUT2D eigenvalue weighted by Gasteiger charge is 2.42. The Kier molecular flexibility index (Phi) is 10.2. The van der Waals surface area contributed by atoms with Gasteiger partial charge in [0.25, 0.3) is 0 Å². The Bertz CT molecular complexity index is 1560. The van der Waals surface area contributed by atoms with Crippen LogP contribution in [0.1, 0.15) is 38.7 Å². The first kappa shape index (κ1) is 33.2. The average Bonchev–Trinajstić information content (AvgIpc) is 2.96. The lowest BCUT2D eigenvalue weighted by Gasteiger charge is -2.38. The summed E-state index contributed by atoms with van der Waals surface area (Å²) in [7, 11) is -1.72. The number of carbonyl (C=O) groups excluding carboxylic acids is 2. The molecule has 234 valence electrons. The van der Waals surface area contributed by atoms with Gasteiger partial charge in [0.05, 0.1) is 40.0 Å². The molecular formula is C31H33Cl2N3O7S. The van der Waals surface area contributed by atoms with Crippen LogP contribution in [0.3, 0.4) is 0 Å². The van der Waals surface area contributed by atoms with Crippen LogP contribution in [0.25, 0.3) is 0 Å². The van der Waals surface area contributed by atoms with Crippen molar-refractivity contribution in [1.82, 2.24) is 15.1 Å². The van der Waals surface area contributed by atoms with Crippen molar-refractivity contribution in [1.29, 1.82) is 0 Å². The fraction of sp³-hybridized carbons (Fsp3) is 0.355. The largest absolute Gasteiger partial charge is 0.478 e. The molecule has 2 aliphatic heterocycles. The smallest absolute Gasteiger partial charge is 0.334 e. The second-order valence-electron chi connectivity index (χ2n) is 11.5. The van der Waals surface area contributed by atoms with Crippen LogP contribution in [-0.4, -0.2) is 79.9 Å². The average molecular weight is 663 g/mol. The number of halogens is 2. The zero-order valence-electron chi connectivity index (χ0n) is 24.4. The summed E-state index contributed by atoms with van der Waals surface area (Å²) in [6, 6.07) is 12.9. The molecule has 2 heterocycles. The van der Waals surface area contributed by atoms with Crippen LogP contribution in [0, 0.1) is 5.41 Å². The van der Waals surface area contributed by atoms with Crippen molar-refractivity contribution >= 4 is 57.8 Å². The van der Waals surface area contributed by atoms with Gasteiger partial charge in [-0.15, -0.1) is 0 Å². The van der Waals surface area contributed by atoms with Gasteiger partial charge < -0.3 is 25.3 Å². The van der Waals surface area contributed by atoms with E-state index in [1.165, 1.54) is 17.0 Å². The van der Waals surface area contributed by atoms with E-state index in [-0.39, 0.29) is 57.3 Å². The molecule has 2 aliphatic rings. The third-order valence-electron chi connectivity index (χ3n) is 7.45. The Labute approximate surface area is 267 Å². The summed E-state index contributed by atoms with van der Waals surface area (Å²) in [4.78, 5) is 55.6. The number of nitrogens with one attached hydrogen (secondary N) is 1. The monoisotopic (exact) mass is 661 g/mol. The van der Waals surface area contributed by atoms with Crippen molar-refractivity contribution in [3.05, 3.63) is 86.7 Å². The second-order valence-corrected chi connectivity index (χ2v) is 13.8. The first-order chi connectivity index (χ1) is 20.7. The molecule has 3 N–H and O–H groups in total. The third-order valence-corrected chi connectivity index (χ3v) is 9.46. The molecule has 1 saturated heterocycles. The van der Waals surface area contributed by atoms with Crippen molar-refractivity contribution in [3.8, 4) is 0 Å². The van der Waals surface area contributed by atoms with Gasteiger partial charge in [-0.2, -0.15) is 0 Å². The second kappa shape index (κ2) is 13.5. The van der Waals surface area contributed by atoms with Crippen LogP contribution in [0.2, 0.25) is 10.0 Å². The number of hydrogen-bond donors (Lipinski definition) is 3. The highest BCUT2D eigenvalue weighted by Crippen LogP contribution is 2.45. The molecule has 44 heavy (non-hydrogen) atoms. The number of benzene rings is 2. The fourth-order valence-electron chi connectivity index (χ4n) is 5.33. The Morgan fingerprint density at radius 2 is 1.36 bits per heavy atom. The zero-order chi connectivity index (χ0) is 32.3. The van der Waals surface area contributed by atoms with E-state index in [0.717, 1.165) is 0 Å². The van der Waals surface area contributed by atoms with Crippen molar-refractivity contribution < 1.29 is 33.6 Å². The van der Waals surface area contributed by atoms with Gasteiger partial charge in [0.1, 0.15) is 0 Å². The maximum atomic E-state index is 13.6. The highest BCUT2D eigenvalue weighted by molar-refractivity contribution is 7.85. The standard InChI is InChI=1S/C31H33Cl2N3O7S/c1-31(2,3)30(42)36-14-12-35(13-15-36)23(37)16-21-25(28(38)39)27(24-19(32)10-7-11-20(24)33)26(29(40)41)22(34-21)17-44(43)18-8-5-4-6-9-18/h4-11,27,34H,12-17H2,1-3H3,(H,38,39)(H,40,41)/t27?,44-/m0/s1. The minimum absolute atomic E-state index is 0.0194. The molecule has 2 amide bonds. The van der Waals surface area contributed by atoms with Crippen molar-refractivity contribution in [2.75, 3.05) is 31.9 Å². The summed E-state index contributed by atoms with van der Waals surface area (Å²) >= 11 is 13.0. The maximum absolute atomic E-state index is 13.6. The summed E-state index contributed by atoms with van der Waals surface area (Å²) in [5, 5.41) is 23.8. The van der Waals surface area contributed by atoms with E-state index in [9.17, 15) is 33.6 Å². The lowest BCUT2D eigenvalue weighted by Crippen LogP contribution is -2.53. The molecule has 1 unspecified atom stereocenters. The van der Waals surface area contributed by atoms with Gasteiger partial charge in [-0.05, 0) is 24.3 Å². The van der Waals surface area contributed by atoms with Gasteiger partial charge >= 0.3 is 11.9 Å². The first-order valence-electron chi connectivity index (χ1n) is 13.8. The van der Waals surface area contributed by atoms with Crippen LogP contribution < -0.4 is 5.32 Å². The molecule has 4 rings (SSSR count). The summed E-state index contributed by atoms with van der Waals surface area (Å²) < 4.78 is 13.4. The minimum Gasteiger partial charge on any atom is -0.478 e. The van der Waals surface area contributed by atoms with Crippen molar-refractivity contribution in [2.45, 2.75) is 38.0 Å². The molecular weight excluding hydrogens is 629 g/mol. The highest BCUT2D eigenvalue weighted by atomic mass is 35.5. The molecule has 0 radical (unpaired) electrons. The van der Waals surface area contributed by atoms with E-state index < -0.39 is 52.0 Å². The summed E-state index contributed by atoms with van der Waals surface area (Å²) in [5.74, 6) is -5.15. The molecule has 0 saturated carbocycles. The van der Waals surface area contributed by atoms with Crippen LogP contribution in [0.5, 0.6) is 0 Å². The number of piperazine rings is 1. The summed E-state index contributed by atoms with van der Waals surface area (Å²) in [6.07, 6.45) is -0.415. The number of nitrogens with zero attached hydrogens (tertiary/aromatic N) is 2. The van der Waals surface area contributed by atoms with Gasteiger partial charge in [0, 0.05) is 63.5 Å². The topological polar surface area (TPSA) is 144 Å². The maximum Gasteiger partial charge on any atom is 0.334 e. The number of hydrogen-bond acceptors (Lipinski definition) is 6. The third kappa shape index (κ3) is 7.17. The summed E-state index contributed by atoms with van der Waals surface area (Å²) in [6.45, 7) is 6.61. The van der Waals surface area contributed by atoms with Crippen LogP contribution in [-0.2, 0) is 30.0 Å². The van der Waals surface area contributed by atoms with E-state index >= 15 is 0 Å². The molecule has 1 fully saturated rings. The van der Waals surface area contributed by atoms with E-state index in [4.69, 9.17) is 23.2 Å². The molecule has 10 nitrogen and oxygen atoms in total. The van der Waals surface area contributed by atoms with E-state index in [0.29, 0.717) is 18.0 Å². The Hall–Kier alpha value is -3.67. The van der Waals surface area contributed by atoms with Crippen LogP contribution in [0.15, 0.2) is 76.0 Å². The van der Waals surface area contributed by atoms with Crippen molar-refractivity contribution in [2.24, 2.45) is 5.41 Å². The SMILES string of the molecule is CC(C)(C)C(=O)N1CCN(C(=O)CC2=C(C(=O)O)C(c3c(Cl)cccc3Cl)C(C(=O)O)=C(C[S@](=O)c3ccccc3)N2)CC1. The van der Waals surface area contributed by atoms with Crippen molar-refractivity contribution in [3.63, 3.8) is 0 Å². The number of rotatable bonds is 8. The molecule has 2 aromatic rings. The Balaban J connectivity index is 1.75. The number of dihydropyridines is 1. The van der Waals surface area contributed by atoms with Gasteiger partial charge in [0.2, 0.25) is 11.8 Å². The van der Waals surface area contributed by atoms with Crippen LogP contribution in [0.4, 0.5) is 0 Å². The van der Waals surface area contributed by atoms with Gasteiger partial charge in [0.15, 0.2) is 0 Å². The Morgan fingerprint density at radius 1 is 0.841 bits per heavy atom. The van der Waals surface area contributed by atoms with Gasteiger partial charge in [-0.25, -0.2) is 9.59 Å². The number of carboxylic acids is 2. The molecule has 0 spiro atoms. The fourth-order valence-corrected chi connectivity index (χ4v) is 7.06. The Morgan fingerprint density at radius 3 is 1.89 bits per heavy atom. The molecule has 2 aromatic carbocycles. The minimum atomic E-state index is -1.72. The molecule has 13 heteroatoms. The predicted molar refractivity (Wildman–Crippen MR) is 167 cm³/mol. The lowest BCUT2D eigenvalue weighted by atomic mass is 9.79. The normalized spacial score (nSPS) is 18.2. The quantitative estimate of drug-likeness (QED) is 0.380. The van der Waals surface area contributed by atoms with E-state index in [1.807, 2.05) is 20.8 Å². The van der Waals surface area contributed by atoms with Gasteiger partial charge in [-0.3, -0.25) is 13.8 Å². The molecule has 0 aliphatic carbocycles. The number of amides is 2. The van der Waals surface area contributed by atoms with E-state index in [2.05, 4.69) is 5.32 Å². The van der Waals surface area contributed by atoms with Crippen LogP contribution >= 0.6 is 23.2 Å².